The third-order valence-electron chi connectivity index (χ3n) is 4.74. The molecule has 2 N–H and O–H groups in total. The number of amides is 3. The van der Waals surface area contributed by atoms with Crippen molar-refractivity contribution in [3.8, 4) is 0 Å². The monoisotopic (exact) mass is 500 g/mol. The SMILES string of the molecule is C[C@](O)(CS(=O)(=O)c1ccc(F)cc1)C(=O)Nc1ccc(N2C(=O)C=CC2=O)c(C(F)(F)F)c1. The second-order valence-corrected chi connectivity index (χ2v) is 9.51. The fourth-order valence-electron chi connectivity index (χ4n) is 3.10. The molecule has 2 aromatic carbocycles. The number of nitrogens with one attached hydrogen (secondary N) is 1. The van der Waals surface area contributed by atoms with Gasteiger partial charge in [0.05, 0.1) is 21.9 Å². The van der Waals surface area contributed by atoms with Crippen LogP contribution in [0, 0.1) is 5.82 Å². The number of anilines is 2. The van der Waals surface area contributed by atoms with Gasteiger partial charge in [-0.15, -0.1) is 0 Å². The van der Waals surface area contributed by atoms with Crippen molar-refractivity contribution in [1.29, 1.82) is 0 Å². The van der Waals surface area contributed by atoms with Crippen molar-refractivity contribution >= 4 is 38.9 Å². The normalized spacial score (nSPS) is 16.0. The van der Waals surface area contributed by atoms with Gasteiger partial charge in [-0.25, -0.2) is 17.7 Å². The molecular weight excluding hydrogens is 484 g/mol. The van der Waals surface area contributed by atoms with Crippen molar-refractivity contribution < 1.29 is 45.5 Å². The Bertz CT molecular complexity index is 1280. The number of nitrogens with zero attached hydrogens (tertiary/aromatic N) is 1. The maximum absolute atomic E-state index is 13.6. The lowest BCUT2D eigenvalue weighted by molar-refractivity contribution is -0.137. The average molecular weight is 500 g/mol. The summed E-state index contributed by atoms with van der Waals surface area (Å²) in [6.07, 6.45) is -3.43. The second-order valence-electron chi connectivity index (χ2n) is 7.52. The van der Waals surface area contributed by atoms with Gasteiger partial charge in [0.25, 0.3) is 17.7 Å². The van der Waals surface area contributed by atoms with E-state index < -0.39 is 67.8 Å². The highest BCUT2D eigenvalue weighted by atomic mass is 32.2. The summed E-state index contributed by atoms with van der Waals surface area (Å²) in [5, 5.41) is 12.4. The Kier molecular flexibility index (Phi) is 6.37. The summed E-state index contributed by atoms with van der Waals surface area (Å²) in [6, 6.07) is 5.78. The Morgan fingerprint density at radius 3 is 2.12 bits per heavy atom. The summed E-state index contributed by atoms with van der Waals surface area (Å²) in [7, 11) is -4.28. The number of carbonyl (C=O) groups excluding carboxylic acids is 3. The van der Waals surface area contributed by atoms with Crippen LogP contribution in [-0.2, 0) is 30.4 Å². The average Bonchev–Trinajstić information content (AvgIpc) is 3.05. The van der Waals surface area contributed by atoms with Crippen LogP contribution in [0.25, 0.3) is 0 Å². The molecule has 34 heavy (non-hydrogen) atoms. The van der Waals surface area contributed by atoms with Gasteiger partial charge in [0.15, 0.2) is 15.4 Å². The molecule has 2 aromatic rings. The van der Waals surface area contributed by atoms with Crippen molar-refractivity contribution in [2.45, 2.75) is 23.6 Å². The van der Waals surface area contributed by atoms with E-state index in [0.717, 1.165) is 55.5 Å². The lowest BCUT2D eigenvalue weighted by Gasteiger charge is -2.24. The first-order valence-electron chi connectivity index (χ1n) is 9.41. The molecule has 0 fully saturated rings. The molecule has 13 heteroatoms. The molecule has 0 aliphatic carbocycles. The van der Waals surface area contributed by atoms with E-state index >= 15 is 0 Å². The van der Waals surface area contributed by atoms with Crippen LogP contribution in [0.15, 0.2) is 59.5 Å². The molecule has 3 amide bonds. The third kappa shape index (κ3) is 5.15. The molecule has 1 aliphatic rings. The third-order valence-corrected chi connectivity index (χ3v) is 6.68. The van der Waals surface area contributed by atoms with Crippen molar-refractivity contribution in [3.63, 3.8) is 0 Å². The predicted octanol–water partition coefficient (Wildman–Crippen LogP) is 2.44. The zero-order chi connectivity index (χ0) is 25.5. The molecule has 0 spiro atoms. The smallest absolute Gasteiger partial charge is 0.379 e. The fourth-order valence-corrected chi connectivity index (χ4v) is 4.69. The Morgan fingerprint density at radius 2 is 1.59 bits per heavy atom. The van der Waals surface area contributed by atoms with E-state index in [0.29, 0.717) is 11.0 Å². The number of alkyl halides is 3. The Labute approximate surface area is 190 Å². The maximum atomic E-state index is 13.6. The molecular formula is C21H16F4N2O6S. The standard InChI is InChI=1S/C21H16F4N2O6S/c1-20(31,11-34(32,33)14-5-2-12(22)3-6-14)19(30)26-13-4-7-16(15(10-13)21(23,24)25)27-17(28)8-9-18(27)29/h2-10,31H,11H2,1H3,(H,26,30)/t20-/m0/s1. The van der Waals surface area contributed by atoms with E-state index in [-0.39, 0.29) is 4.90 Å². The molecule has 1 aliphatic heterocycles. The minimum atomic E-state index is -5.03. The lowest BCUT2D eigenvalue weighted by atomic mass is 10.1. The summed E-state index contributed by atoms with van der Waals surface area (Å²) >= 11 is 0. The number of benzene rings is 2. The summed E-state index contributed by atoms with van der Waals surface area (Å²) < 4.78 is 78.8. The van der Waals surface area contributed by atoms with Gasteiger partial charge >= 0.3 is 6.18 Å². The van der Waals surface area contributed by atoms with Gasteiger partial charge in [-0.1, -0.05) is 0 Å². The first kappa shape index (κ1) is 25.1. The first-order chi connectivity index (χ1) is 15.6. The summed E-state index contributed by atoms with van der Waals surface area (Å²) in [4.78, 5) is 36.0. The van der Waals surface area contributed by atoms with Gasteiger partial charge in [0.1, 0.15) is 5.82 Å². The Morgan fingerprint density at radius 1 is 1.03 bits per heavy atom. The van der Waals surface area contributed by atoms with Crippen molar-refractivity contribution in [2.75, 3.05) is 16.0 Å². The van der Waals surface area contributed by atoms with Crippen LogP contribution in [0.3, 0.4) is 0 Å². The highest BCUT2D eigenvalue weighted by molar-refractivity contribution is 7.91. The highest BCUT2D eigenvalue weighted by Crippen LogP contribution is 2.39. The minimum absolute atomic E-state index is 0.305. The van der Waals surface area contributed by atoms with Gasteiger partial charge in [-0.3, -0.25) is 14.4 Å². The van der Waals surface area contributed by atoms with E-state index in [2.05, 4.69) is 0 Å². The quantitative estimate of drug-likeness (QED) is 0.357. The zero-order valence-corrected chi connectivity index (χ0v) is 18.1. The number of hydrogen-bond donors (Lipinski definition) is 2. The Balaban J connectivity index is 1.87. The molecule has 180 valence electrons. The van der Waals surface area contributed by atoms with Crippen LogP contribution in [-0.4, -0.2) is 42.6 Å². The molecule has 8 nitrogen and oxygen atoms in total. The summed E-state index contributed by atoms with van der Waals surface area (Å²) in [5.41, 5.74) is -5.26. The number of aliphatic hydroxyl groups is 1. The van der Waals surface area contributed by atoms with Crippen molar-refractivity contribution in [2.24, 2.45) is 0 Å². The van der Waals surface area contributed by atoms with E-state index in [4.69, 9.17) is 0 Å². The molecule has 0 unspecified atom stereocenters. The number of imide groups is 1. The van der Waals surface area contributed by atoms with E-state index in [1.54, 1.807) is 0 Å². The topological polar surface area (TPSA) is 121 Å². The number of halogens is 4. The van der Waals surface area contributed by atoms with Crippen LogP contribution in [0.4, 0.5) is 28.9 Å². The number of carbonyl (C=O) groups is 3. The van der Waals surface area contributed by atoms with E-state index in [1.807, 2.05) is 5.32 Å². The van der Waals surface area contributed by atoms with Crippen LogP contribution in [0.5, 0.6) is 0 Å². The van der Waals surface area contributed by atoms with Crippen molar-refractivity contribution in [3.05, 3.63) is 66.0 Å². The maximum Gasteiger partial charge on any atom is 0.418 e. The molecule has 3 rings (SSSR count). The van der Waals surface area contributed by atoms with Crippen LogP contribution < -0.4 is 10.2 Å². The molecule has 0 saturated heterocycles. The van der Waals surface area contributed by atoms with Crippen molar-refractivity contribution in [1.82, 2.24) is 0 Å². The predicted molar refractivity (Wildman–Crippen MR) is 111 cm³/mol. The summed E-state index contributed by atoms with van der Waals surface area (Å²) in [5.74, 6) is -5.17. The molecule has 0 aromatic heterocycles. The fraction of sp³-hybridized carbons (Fsp3) is 0.190. The summed E-state index contributed by atoms with van der Waals surface area (Å²) in [6.45, 7) is 0.843. The van der Waals surface area contributed by atoms with Gasteiger partial charge in [-0.2, -0.15) is 13.2 Å². The molecule has 0 radical (unpaired) electrons. The number of rotatable bonds is 6. The minimum Gasteiger partial charge on any atom is -0.379 e. The molecule has 0 saturated carbocycles. The Hall–Kier alpha value is -3.58. The number of sulfone groups is 1. The van der Waals surface area contributed by atoms with Crippen LogP contribution >= 0.6 is 0 Å². The van der Waals surface area contributed by atoms with E-state index in [1.165, 1.54) is 0 Å². The molecule has 1 atom stereocenters. The second kappa shape index (κ2) is 8.65. The van der Waals surface area contributed by atoms with Gasteiger partial charge < -0.3 is 10.4 Å². The van der Waals surface area contributed by atoms with Gasteiger partial charge in [-0.05, 0) is 49.4 Å². The molecule has 0 bridgehead atoms. The molecule has 1 heterocycles. The zero-order valence-electron chi connectivity index (χ0n) is 17.3. The number of hydrogen-bond acceptors (Lipinski definition) is 6. The van der Waals surface area contributed by atoms with E-state index in [9.17, 15) is 45.5 Å². The first-order valence-corrected chi connectivity index (χ1v) is 11.1. The lowest BCUT2D eigenvalue weighted by Crippen LogP contribution is -2.45. The van der Waals surface area contributed by atoms with Crippen LogP contribution in [0.1, 0.15) is 12.5 Å². The van der Waals surface area contributed by atoms with Gasteiger partial charge in [0, 0.05) is 17.8 Å². The highest BCUT2D eigenvalue weighted by Gasteiger charge is 2.40. The largest absolute Gasteiger partial charge is 0.418 e. The van der Waals surface area contributed by atoms with Crippen LogP contribution in [0.2, 0.25) is 0 Å². The van der Waals surface area contributed by atoms with Gasteiger partial charge in [0.2, 0.25) is 0 Å².